The normalized spacial score (nSPS) is 12.6. The predicted molar refractivity (Wildman–Crippen MR) is 110 cm³/mol. The van der Waals surface area contributed by atoms with E-state index in [1.165, 1.54) is 36.4 Å². The summed E-state index contributed by atoms with van der Waals surface area (Å²) in [7, 11) is 0. The molecule has 0 spiro atoms. The predicted octanol–water partition coefficient (Wildman–Crippen LogP) is 3.96. The second-order valence-electron chi connectivity index (χ2n) is 6.80. The van der Waals surface area contributed by atoms with Gasteiger partial charge in [0.25, 0.3) is 23.4 Å². The van der Waals surface area contributed by atoms with Gasteiger partial charge < -0.3 is 5.32 Å². The molecule has 0 radical (unpaired) electrons. The van der Waals surface area contributed by atoms with Gasteiger partial charge in [-0.3, -0.25) is 24.5 Å². The fourth-order valence-electron chi connectivity index (χ4n) is 3.20. The summed E-state index contributed by atoms with van der Waals surface area (Å²) in [4.78, 5) is 49.4. The Balaban J connectivity index is 1.63. The number of fused-ring (bicyclic) bond motifs is 1. The molecular weight excluding hydrogens is 386 g/mol. The lowest BCUT2D eigenvalue weighted by Crippen LogP contribution is -2.29. The topological polar surface area (TPSA) is 110 Å². The van der Waals surface area contributed by atoms with E-state index >= 15 is 0 Å². The molecule has 4 rings (SSSR count). The van der Waals surface area contributed by atoms with E-state index in [2.05, 4.69) is 5.32 Å². The molecule has 1 heterocycles. The minimum absolute atomic E-state index is 0.0723. The van der Waals surface area contributed by atoms with Gasteiger partial charge in [0.15, 0.2) is 0 Å². The van der Waals surface area contributed by atoms with E-state index in [4.69, 9.17) is 0 Å². The van der Waals surface area contributed by atoms with Gasteiger partial charge in [0.1, 0.15) is 0 Å². The molecule has 3 aromatic carbocycles. The van der Waals surface area contributed by atoms with Crippen LogP contribution in [0.4, 0.5) is 17.1 Å². The number of carbonyl (C=O) groups is 3. The van der Waals surface area contributed by atoms with Crippen LogP contribution in [0.15, 0.2) is 66.7 Å². The smallest absolute Gasteiger partial charge is 0.271 e. The molecule has 1 aliphatic rings. The molecule has 1 aliphatic heterocycles. The summed E-state index contributed by atoms with van der Waals surface area (Å²) >= 11 is 0. The van der Waals surface area contributed by atoms with Crippen molar-refractivity contribution in [1.29, 1.82) is 0 Å². The quantitative estimate of drug-likeness (QED) is 0.404. The maximum atomic E-state index is 12.9. The molecule has 0 atom stereocenters. The van der Waals surface area contributed by atoms with Crippen LogP contribution in [0.3, 0.4) is 0 Å². The first-order valence-electron chi connectivity index (χ1n) is 9.00. The molecule has 0 bridgehead atoms. The number of nitrogens with zero attached hydrogens (tertiary/aromatic N) is 2. The molecule has 0 aromatic heterocycles. The molecule has 8 nitrogen and oxygen atoms in total. The van der Waals surface area contributed by atoms with Gasteiger partial charge in [-0.1, -0.05) is 23.8 Å². The molecule has 148 valence electrons. The Hall–Kier alpha value is -4.33. The van der Waals surface area contributed by atoms with Gasteiger partial charge in [0, 0.05) is 23.4 Å². The van der Waals surface area contributed by atoms with Crippen molar-refractivity contribution < 1.29 is 19.3 Å². The number of anilines is 2. The van der Waals surface area contributed by atoms with E-state index in [0.29, 0.717) is 5.69 Å². The largest absolute Gasteiger partial charge is 0.322 e. The zero-order chi connectivity index (χ0) is 21.4. The third-order valence-corrected chi connectivity index (χ3v) is 4.76. The van der Waals surface area contributed by atoms with Gasteiger partial charge in [-0.25, -0.2) is 4.90 Å². The van der Waals surface area contributed by atoms with Gasteiger partial charge in [-0.2, -0.15) is 0 Å². The van der Waals surface area contributed by atoms with Gasteiger partial charge in [0.2, 0.25) is 0 Å². The van der Waals surface area contributed by atoms with Crippen molar-refractivity contribution in [2.45, 2.75) is 6.92 Å². The van der Waals surface area contributed by atoms with Crippen molar-refractivity contribution in [1.82, 2.24) is 0 Å². The molecule has 30 heavy (non-hydrogen) atoms. The molecular formula is C22H15N3O5. The third kappa shape index (κ3) is 3.30. The second-order valence-corrected chi connectivity index (χ2v) is 6.80. The molecule has 0 unspecified atom stereocenters. The van der Waals surface area contributed by atoms with Gasteiger partial charge in [0.05, 0.1) is 21.7 Å². The van der Waals surface area contributed by atoms with Gasteiger partial charge in [-0.05, 0) is 43.3 Å². The zero-order valence-electron chi connectivity index (χ0n) is 15.8. The van der Waals surface area contributed by atoms with E-state index in [1.807, 2.05) is 19.1 Å². The molecule has 0 aliphatic carbocycles. The van der Waals surface area contributed by atoms with Crippen LogP contribution in [-0.2, 0) is 0 Å². The molecule has 1 N–H and O–H groups in total. The Labute approximate surface area is 170 Å². The first kappa shape index (κ1) is 19.0. The summed E-state index contributed by atoms with van der Waals surface area (Å²) < 4.78 is 0. The minimum Gasteiger partial charge on any atom is -0.322 e. The third-order valence-electron chi connectivity index (χ3n) is 4.76. The summed E-state index contributed by atoms with van der Waals surface area (Å²) in [6, 6.07) is 16.8. The summed E-state index contributed by atoms with van der Waals surface area (Å²) in [6.07, 6.45) is 0. The number of imide groups is 1. The molecule has 0 fully saturated rings. The lowest BCUT2D eigenvalue weighted by Gasteiger charge is -2.13. The van der Waals surface area contributed by atoms with Crippen LogP contribution in [0, 0.1) is 17.0 Å². The SMILES string of the molecule is Cc1ccc(NC(=O)c2ccc3c(c2)C(=O)N(c2cccc([N+](=O)[O-])c2)C3=O)cc1. The summed E-state index contributed by atoms with van der Waals surface area (Å²) in [5.74, 6) is -1.66. The monoisotopic (exact) mass is 401 g/mol. The van der Waals surface area contributed by atoms with Crippen molar-refractivity contribution in [3.05, 3.63) is 99.1 Å². The van der Waals surface area contributed by atoms with E-state index in [9.17, 15) is 24.5 Å². The lowest BCUT2D eigenvalue weighted by atomic mass is 10.1. The minimum atomic E-state index is -0.638. The lowest BCUT2D eigenvalue weighted by molar-refractivity contribution is -0.384. The Bertz CT molecular complexity index is 1220. The van der Waals surface area contributed by atoms with Crippen molar-refractivity contribution >= 4 is 34.8 Å². The van der Waals surface area contributed by atoms with E-state index < -0.39 is 22.6 Å². The Kier molecular flexibility index (Phi) is 4.59. The van der Waals surface area contributed by atoms with Crippen LogP contribution in [0.1, 0.15) is 36.6 Å². The maximum Gasteiger partial charge on any atom is 0.271 e. The summed E-state index contributed by atoms with van der Waals surface area (Å²) in [5, 5.41) is 13.8. The van der Waals surface area contributed by atoms with Gasteiger partial charge >= 0.3 is 0 Å². The highest BCUT2D eigenvalue weighted by atomic mass is 16.6. The van der Waals surface area contributed by atoms with Crippen LogP contribution in [0.2, 0.25) is 0 Å². The van der Waals surface area contributed by atoms with E-state index in [0.717, 1.165) is 16.5 Å². The molecule has 0 saturated heterocycles. The fraction of sp³-hybridized carbons (Fsp3) is 0.0455. The first-order chi connectivity index (χ1) is 14.3. The molecule has 0 saturated carbocycles. The van der Waals surface area contributed by atoms with Crippen LogP contribution in [-0.4, -0.2) is 22.6 Å². The Morgan fingerprint density at radius 1 is 0.933 bits per heavy atom. The van der Waals surface area contributed by atoms with Crippen molar-refractivity contribution in [3.63, 3.8) is 0 Å². The number of amides is 3. The maximum absolute atomic E-state index is 12.9. The van der Waals surface area contributed by atoms with E-state index in [1.54, 1.807) is 12.1 Å². The number of benzene rings is 3. The number of carbonyl (C=O) groups excluding carboxylic acids is 3. The zero-order valence-corrected chi connectivity index (χ0v) is 15.8. The number of aryl methyl sites for hydroxylation is 1. The van der Waals surface area contributed by atoms with E-state index in [-0.39, 0.29) is 28.1 Å². The number of hydrogen-bond donors (Lipinski definition) is 1. The average molecular weight is 401 g/mol. The van der Waals surface area contributed by atoms with Crippen LogP contribution in [0.25, 0.3) is 0 Å². The number of nitro benzene ring substituents is 1. The first-order valence-corrected chi connectivity index (χ1v) is 9.00. The molecule has 3 amide bonds. The Morgan fingerprint density at radius 3 is 2.33 bits per heavy atom. The number of nitro groups is 1. The summed E-state index contributed by atoms with van der Waals surface area (Å²) in [5.41, 5.74) is 1.95. The summed E-state index contributed by atoms with van der Waals surface area (Å²) in [6.45, 7) is 1.93. The van der Waals surface area contributed by atoms with Crippen molar-refractivity contribution in [2.75, 3.05) is 10.2 Å². The highest BCUT2D eigenvalue weighted by Gasteiger charge is 2.37. The average Bonchev–Trinajstić information content (AvgIpc) is 2.99. The second kappa shape index (κ2) is 7.25. The number of rotatable bonds is 4. The van der Waals surface area contributed by atoms with Crippen LogP contribution >= 0.6 is 0 Å². The Morgan fingerprint density at radius 2 is 1.63 bits per heavy atom. The number of non-ortho nitro benzene ring substituents is 1. The van der Waals surface area contributed by atoms with Crippen molar-refractivity contribution in [3.8, 4) is 0 Å². The molecule has 3 aromatic rings. The van der Waals surface area contributed by atoms with Gasteiger partial charge in [-0.15, -0.1) is 0 Å². The molecule has 8 heteroatoms. The highest BCUT2D eigenvalue weighted by Crippen LogP contribution is 2.31. The van der Waals surface area contributed by atoms with Crippen LogP contribution < -0.4 is 10.2 Å². The highest BCUT2D eigenvalue weighted by molar-refractivity contribution is 6.34. The van der Waals surface area contributed by atoms with Crippen molar-refractivity contribution in [2.24, 2.45) is 0 Å². The standard InChI is InChI=1S/C22H15N3O5/c1-13-5-8-15(9-6-13)23-20(26)14-7-10-18-19(11-14)22(28)24(21(18)27)16-3-2-4-17(12-16)25(29)30/h2-12H,1H3,(H,23,26). The van der Waals surface area contributed by atoms with Crippen LogP contribution in [0.5, 0.6) is 0 Å². The number of nitrogens with one attached hydrogen (secondary N) is 1. The number of hydrogen-bond acceptors (Lipinski definition) is 5. The fourth-order valence-corrected chi connectivity index (χ4v) is 3.20.